The Morgan fingerprint density at radius 2 is 2.19 bits per heavy atom. The zero-order chi connectivity index (χ0) is 14.7. The van der Waals surface area contributed by atoms with Gasteiger partial charge >= 0.3 is 0 Å². The Balaban J connectivity index is 1.62. The highest BCUT2D eigenvalue weighted by Crippen LogP contribution is 2.33. The lowest BCUT2D eigenvalue weighted by molar-refractivity contribution is 0.0842. The normalized spacial score (nSPS) is 21.4. The molecule has 1 aromatic carbocycles. The molecule has 1 fully saturated rings. The molecule has 3 rings (SSSR count). The summed E-state index contributed by atoms with van der Waals surface area (Å²) in [7, 11) is 1.76. The Morgan fingerprint density at radius 1 is 1.38 bits per heavy atom. The minimum atomic E-state index is -0.0892. The van der Waals surface area contributed by atoms with Crippen molar-refractivity contribution in [3.05, 3.63) is 53.9 Å². The third-order valence-electron chi connectivity index (χ3n) is 3.92. The molecule has 21 heavy (non-hydrogen) atoms. The molecule has 110 valence electrons. The van der Waals surface area contributed by atoms with Gasteiger partial charge in [-0.2, -0.15) is 5.10 Å². The van der Waals surface area contributed by atoms with Crippen LogP contribution < -0.4 is 5.32 Å². The van der Waals surface area contributed by atoms with Crippen LogP contribution in [-0.2, 0) is 11.8 Å². The predicted octanol–water partition coefficient (Wildman–Crippen LogP) is 1.93. The summed E-state index contributed by atoms with van der Waals surface area (Å²) in [5, 5.41) is 7.00. The van der Waals surface area contributed by atoms with E-state index in [1.165, 1.54) is 5.56 Å². The second-order valence-corrected chi connectivity index (χ2v) is 5.30. The van der Waals surface area contributed by atoms with Crippen LogP contribution >= 0.6 is 0 Å². The van der Waals surface area contributed by atoms with E-state index in [0.29, 0.717) is 18.2 Å². The average molecular weight is 285 g/mol. The number of hydrogen-bond acceptors (Lipinski definition) is 3. The predicted molar refractivity (Wildman–Crippen MR) is 78.8 cm³/mol. The van der Waals surface area contributed by atoms with Crippen LogP contribution in [0.5, 0.6) is 0 Å². The Bertz CT molecular complexity index is 609. The van der Waals surface area contributed by atoms with Crippen LogP contribution in [0.15, 0.2) is 42.6 Å². The summed E-state index contributed by atoms with van der Waals surface area (Å²) in [6.07, 6.45) is 2.66. The lowest BCUT2D eigenvalue weighted by atomic mass is 9.95. The van der Waals surface area contributed by atoms with E-state index < -0.39 is 0 Å². The molecular formula is C16H19N3O2. The lowest BCUT2D eigenvalue weighted by Gasteiger charge is -2.19. The maximum atomic E-state index is 12.1. The molecule has 2 atom stereocenters. The summed E-state index contributed by atoms with van der Waals surface area (Å²) in [5.41, 5.74) is 1.75. The van der Waals surface area contributed by atoms with Gasteiger partial charge in [-0.1, -0.05) is 30.3 Å². The fraction of sp³-hybridized carbons (Fsp3) is 0.375. The third-order valence-corrected chi connectivity index (χ3v) is 3.92. The molecule has 1 aliphatic rings. The molecule has 2 heterocycles. The first kappa shape index (κ1) is 13.8. The molecule has 2 aromatic rings. The summed E-state index contributed by atoms with van der Waals surface area (Å²) >= 11 is 0. The molecular weight excluding hydrogens is 266 g/mol. The second kappa shape index (κ2) is 6.10. The summed E-state index contributed by atoms with van der Waals surface area (Å²) < 4.78 is 7.41. The van der Waals surface area contributed by atoms with Gasteiger partial charge in [0.25, 0.3) is 5.91 Å². The number of ether oxygens (including phenoxy) is 1. The van der Waals surface area contributed by atoms with Crippen molar-refractivity contribution in [2.45, 2.75) is 12.5 Å². The lowest BCUT2D eigenvalue weighted by Crippen LogP contribution is -2.31. The van der Waals surface area contributed by atoms with E-state index in [-0.39, 0.29) is 12.0 Å². The topological polar surface area (TPSA) is 56.2 Å². The van der Waals surface area contributed by atoms with E-state index in [1.807, 2.05) is 18.2 Å². The number of rotatable bonds is 4. The number of aromatic nitrogens is 2. The minimum Gasteiger partial charge on any atom is -0.373 e. The quantitative estimate of drug-likeness (QED) is 0.934. The summed E-state index contributed by atoms with van der Waals surface area (Å²) in [6.45, 7) is 1.36. The molecule has 1 aliphatic heterocycles. The van der Waals surface area contributed by atoms with Gasteiger partial charge in [0.1, 0.15) is 5.69 Å². The first-order valence-electron chi connectivity index (χ1n) is 7.18. The van der Waals surface area contributed by atoms with Crippen molar-refractivity contribution in [1.29, 1.82) is 0 Å². The van der Waals surface area contributed by atoms with Gasteiger partial charge < -0.3 is 10.1 Å². The van der Waals surface area contributed by atoms with Gasteiger partial charge in [0.05, 0.1) is 6.10 Å². The van der Waals surface area contributed by atoms with E-state index in [2.05, 4.69) is 22.5 Å². The Morgan fingerprint density at radius 3 is 2.90 bits per heavy atom. The maximum Gasteiger partial charge on any atom is 0.269 e. The molecule has 5 heteroatoms. The van der Waals surface area contributed by atoms with Gasteiger partial charge in [-0.05, 0) is 18.1 Å². The molecule has 0 radical (unpaired) electrons. The van der Waals surface area contributed by atoms with E-state index >= 15 is 0 Å². The molecule has 0 spiro atoms. The molecule has 1 saturated heterocycles. The number of amides is 1. The molecule has 0 saturated carbocycles. The van der Waals surface area contributed by atoms with Gasteiger partial charge in [-0.25, -0.2) is 0 Å². The molecule has 0 bridgehead atoms. The fourth-order valence-electron chi connectivity index (χ4n) is 2.77. The van der Waals surface area contributed by atoms with Crippen LogP contribution in [0.25, 0.3) is 0 Å². The van der Waals surface area contributed by atoms with Crippen LogP contribution in [-0.4, -0.2) is 28.8 Å². The molecule has 0 unspecified atom stereocenters. The fourth-order valence-corrected chi connectivity index (χ4v) is 2.77. The van der Waals surface area contributed by atoms with Gasteiger partial charge in [0.2, 0.25) is 0 Å². The number of aryl methyl sites for hydroxylation is 1. The Labute approximate surface area is 123 Å². The zero-order valence-electron chi connectivity index (χ0n) is 12.0. The number of hydrogen-bond donors (Lipinski definition) is 1. The zero-order valence-corrected chi connectivity index (χ0v) is 12.0. The van der Waals surface area contributed by atoms with Crippen LogP contribution in [0.4, 0.5) is 0 Å². The first-order chi connectivity index (χ1) is 10.3. The highest BCUT2D eigenvalue weighted by atomic mass is 16.5. The van der Waals surface area contributed by atoms with Gasteiger partial charge in [0, 0.05) is 32.3 Å². The van der Waals surface area contributed by atoms with Crippen LogP contribution in [0.3, 0.4) is 0 Å². The van der Waals surface area contributed by atoms with Crippen LogP contribution in [0, 0.1) is 5.92 Å². The van der Waals surface area contributed by atoms with E-state index in [1.54, 1.807) is 24.0 Å². The van der Waals surface area contributed by atoms with Crippen molar-refractivity contribution in [3.8, 4) is 0 Å². The third kappa shape index (κ3) is 2.97. The van der Waals surface area contributed by atoms with Crippen LogP contribution in [0.2, 0.25) is 0 Å². The highest BCUT2D eigenvalue weighted by Gasteiger charge is 2.29. The number of nitrogens with one attached hydrogen (secondary N) is 1. The number of benzene rings is 1. The SMILES string of the molecule is Cn1nccc1C(=O)NC[C@H]1CCO[C@@H]1c1ccccc1. The van der Waals surface area contributed by atoms with E-state index in [9.17, 15) is 4.79 Å². The molecule has 1 amide bonds. The summed E-state index contributed by atoms with van der Waals surface area (Å²) in [5.74, 6) is 0.221. The number of carbonyl (C=O) groups is 1. The van der Waals surface area contributed by atoms with Crippen molar-refractivity contribution in [1.82, 2.24) is 15.1 Å². The molecule has 1 aromatic heterocycles. The Hall–Kier alpha value is -2.14. The van der Waals surface area contributed by atoms with Crippen molar-refractivity contribution in [2.24, 2.45) is 13.0 Å². The first-order valence-corrected chi connectivity index (χ1v) is 7.18. The van der Waals surface area contributed by atoms with Crippen molar-refractivity contribution >= 4 is 5.91 Å². The average Bonchev–Trinajstić information content (AvgIpc) is 3.14. The van der Waals surface area contributed by atoms with Crippen molar-refractivity contribution in [2.75, 3.05) is 13.2 Å². The second-order valence-electron chi connectivity index (χ2n) is 5.30. The van der Waals surface area contributed by atoms with E-state index in [0.717, 1.165) is 13.0 Å². The van der Waals surface area contributed by atoms with Gasteiger partial charge in [-0.15, -0.1) is 0 Å². The summed E-state index contributed by atoms with van der Waals surface area (Å²) in [6, 6.07) is 11.9. The highest BCUT2D eigenvalue weighted by molar-refractivity contribution is 5.92. The van der Waals surface area contributed by atoms with Gasteiger partial charge in [0.15, 0.2) is 0 Å². The van der Waals surface area contributed by atoms with Crippen LogP contribution in [0.1, 0.15) is 28.6 Å². The monoisotopic (exact) mass is 285 g/mol. The maximum absolute atomic E-state index is 12.1. The molecule has 5 nitrogen and oxygen atoms in total. The van der Waals surface area contributed by atoms with E-state index in [4.69, 9.17) is 4.74 Å². The standard InChI is InChI=1S/C16H19N3O2/c1-19-14(7-9-18-19)16(20)17-11-13-8-10-21-15(13)12-5-3-2-4-6-12/h2-7,9,13,15H,8,10-11H2,1H3,(H,17,20)/t13-,15-/m1/s1. The van der Waals surface area contributed by atoms with Gasteiger partial charge in [-0.3, -0.25) is 9.48 Å². The smallest absolute Gasteiger partial charge is 0.269 e. The minimum absolute atomic E-state index is 0.0676. The molecule has 0 aliphatic carbocycles. The Kier molecular flexibility index (Phi) is 4.01. The number of carbonyl (C=O) groups excluding carboxylic acids is 1. The largest absolute Gasteiger partial charge is 0.373 e. The van der Waals surface area contributed by atoms with Crippen molar-refractivity contribution < 1.29 is 9.53 Å². The van der Waals surface area contributed by atoms with Crippen molar-refractivity contribution in [3.63, 3.8) is 0 Å². The summed E-state index contributed by atoms with van der Waals surface area (Å²) in [4.78, 5) is 12.1. The number of nitrogens with zero attached hydrogens (tertiary/aromatic N) is 2. The molecule has 1 N–H and O–H groups in total.